The Morgan fingerprint density at radius 2 is 1.67 bits per heavy atom. The number of nitrogens with zero attached hydrogens (tertiary/aromatic N) is 2. The van der Waals surface area contributed by atoms with Crippen LogP contribution in [0.5, 0.6) is 11.5 Å². The molecule has 0 spiro atoms. The van der Waals surface area contributed by atoms with Gasteiger partial charge in [-0.2, -0.15) is 0 Å². The minimum absolute atomic E-state index is 0.0905. The van der Waals surface area contributed by atoms with Crippen LogP contribution in [0.1, 0.15) is 57.4 Å². The van der Waals surface area contributed by atoms with Gasteiger partial charge in [-0.15, -0.1) is 0 Å². The average Bonchev–Trinajstić information content (AvgIpc) is 2.93. The topological polar surface area (TPSA) is 105 Å². The molecule has 1 aliphatic carbocycles. The molecular formula is C29H41N3O6S. The van der Waals surface area contributed by atoms with E-state index in [2.05, 4.69) is 5.32 Å². The molecule has 0 bridgehead atoms. The van der Waals surface area contributed by atoms with Crippen molar-refractivity contribution in [3.8, 4) is 11.5 Å². The van der Waals surface area contributed by atoms with Gasteiger partial charge in [0.25, 0.3) is 0 Å². The fraction of sp³-hybridized carbons (Fsp3) is 0.517. The van der Waals surface area contributed by atoms with Crippen molar-refractivity contribution in [2.45, 2.75) is 70.5 Å². The first-order valence-electron chi connectivity index (χ1n) is 13.5. The van der Waals surface area contributed by atoms with Crippen molar-refractivity contribution in [3.05, 3.63) is 54.1 Å². The summed E-state index contributed by atoms with van der Waals surface area (Å²) >= 11 is 0. The molecule has 1 atom stereocenters. The van der Waals surface area contributed by atoms with E-state index >= 15 is 0 Å². The van der Waals surface area contributed by atoms with E-state index in [9.17, 15) is 18.0 Å². The Kier molecular flexibility index (Phi) is 11.0. The zero-order chi connectivity index (χ0) is 28.4. The van der Waals surface area contributed by atoms with E-state index < -0.39 is 16.1 Å². The fourth-order valence-corrected chi connectivity index (χ4v) is 5.84. The van der Waals surface area contributed by atoms with Crippen LogP contribution in [0.3, 0.4) is 0 Å². The molecule has 0 radical (unpaired) electrons. The third-order valence-corrected chi connectivity index (χ3v) is 8.31. The molecular weight excluding hydrogens is 518 g/mol. The summed E-state index contributed by atoms with van der Waals surface area (Å²) in [4.78, 5) is 28.3. The van der Waals surface area contributed by atoms with Crippen molar-refractivity contribution in [1.29, 1.82) is 0 Å². The highest BCUT2D eigenvalue weighted by Gasteiger charge is 2.28. The monoisotopic (exact) mass is 559 g/mol. The molecule has 1 saturated carbocycles. The molecule has 10 heteroatoms. The summed E-state index contributed by atoms with van der Waals surface area (Å²) in [5.41, 5.74) is 1.34. The number of benzene rings is 2. The third-order valence-electron chi connectivity index (χ3n) is 7.12. The minimum Gasteiger partial charge on any atom is -0.497 e. The normalized spacial score (nSPS) is 14.8. The van der Waals surface area contributed by atoms with Crippen LogP contribution in [-0.4, -0.2) is 64.2 Å². The SMILES string of the molecule is COc1ccc(N(CCCC(=O)N(Cc2cccc(OC)c2)[C@@H](C)C(=O)NC2CCCCC2)S(C)(=O)=O)cc1. The van der Waals surface area contributed by atoms with E-state index in [1.165, 1.54) is 10.7 Å². The first kappa shape index (κ1) is 30.3. The second kappa shape index (κ2) is 14.2. The molecule has 0 unspecified atom stereocenters. The number of amides is 2. The summed E-state index contributed by atoms with van der Waals surface area (Å²) in [6, 6.07) is 13.6. The van der Waals surface area contributed by atoms with Crippen molar-refractivity contribution in [2.75, 3.05) is 31.3 Å². The fourth-order valence-electron chi connectivity index (χ4n) is 4.87. The Hall–Kier alpha value is -3.27. The summed E-state index contributed by atoms with van der Waals surface area (Å²) in [7, 11) is -0.442. The molecule has 2 aromatic rings. The lowest BCUT2D eigenvalue weighted by Crippen LogP contribution is -2.50. The summed E-state index contributed by atoms with van der Waals surface area (Å²) in [6.07, 6.45) is 6.81. The highest BCUT2D eigenvalue weighted by Crippen LogP contribution is 2.23. The number of rotatable bonds is 13. The number of hydrogen-bond donors (Lipinski definition) is 1. The summed E-state index contributed by atoms with van der Waals surface area (Å²) in [5.74, 6) is 0.903. The smallest absolute Gasteiger partial charge is 0.242 e. The van der Waals surface area contributed by atoms with Gasteiger partial charge in [0.15, 0.2) is 0 Å². The lowest BCUT2D eigenvalue weighted by molar-refractivity contribution is -0.141. The highest BCUT2D eigenvalue weighted by molar-refractivity contribution is 7.92. The van der Waals surface area contributed by atoms with Gasteiger partial charge in [0.05, 0.1) is 26.2 Å². The predicted molar refractivity (Wildman–Crippen MR) is 152 cm³/mol. The van der Waals surface area contributed by atoms with E-state index in [4.69, 9.17) is 9.47 Å². The number of hydrogen-bond acceptors (Lipinski definition) is 6. The van der Waals surface area contributed by atoms with Gasteiger partial charge >= 0.3 is 0 Å². The van der Waals surface area contributed by atoms with E-state index in [1.54, 1.807) is 50.3 Å². The molecule has 2 amide bonds. The molecule has 0 heterocycles. The predicted octanol–water partition coefficient (Wildman–Crippen LogP) is 4.12. The van der Waals surface area contributed by atoms with Gasteiger partial charge in [-0.3, -0.25) is 13.9 Å². The maximum Gasteiger partial charge on any atom is 0.242 e. The molecule has 0 aromatic heterocycles. The Labute approximate surface area is 232 Å². The zero-order valence-corrected chi connectivity index (χ0v) is 24.2. The Morgan fingerprint density at radius 1 is 1.00 bits per heavy atom. The zero-order valence-electron chi connectivity index (χ0n) is 23.4. The van der Waals surface area contributed by atoms with Gasteiger partial charge in [-0.25, -0.2) is 8.42 Å². The Balaban J connectivity index is 1.72. The van der Waals surface area contributed by atoms with Gasteiger partial charge in [0.2, 0.25) is 21.8 Å². The second-order valence-corrected chi connectivity index (χ2v) is 11.9. The summed E-state index contributed by atoms with van der Waals surface area (Å²) in [6.45, 7) is 2.12. The number of carbonyl (C=O) groups is 2. The molecule has 2 aromatic carbocycles. The Morgan fingerprint density at radius 3 is 2.28 bits per heavy atom. The lowest BCUT2D eigenvalue weighted by atomic mass is 9.95. The molecule has 9 nitrogen and oxygen atoms in total. The van der Waals surface area contributed by atoms with E-state index in [1.807, 2.05) is 24.3 Å². The second-order valence-electron chi connectivity index (χ2n) is 10.0. The van der Waals surface area contributed by atoms with Gasteiger partial charge in [-0.05, 0) is 68.1 Å². The molecule has 214 valence electrons. The van der Waals surface area contributed by atoms with Crippen molar-refractivity contribution in [1.82, 2.24) is 10.2 Å². The number of nitrogens with one attached hydrogen (secondary N) is 1. The standard InChI is InChI=1S/C29H41N3O6S/c1-22(29(34)30-24-11-6-5-7-12-24)31(21-23-10-8-13-27(20-23)38-3)28(33)14-9-19-32(39(4,35)36)25-15-17-26(37-2)18-16-25/h8,10,13,15-18,20,22,24H,5-7,9,11-12,14,19,21H2,1-4H3,(H,30,34)/t22-/m0/s1. The number of anilines is 1. The highest BCUT2D eigenvalue weighted by atomic mass is 32.2. The maximum atomic E-state index is 13.5. The maximum absolute atomic E-state index is 13.5. The van der Waals surface area contributed by atoms with Crippen LogP contribution in [0.25, 0.3) is 0 Å². The number of carbonyl (C=O) groups excluding carboxylic acids is 2. The average molecular weight is 560 g/mol. The molecule has 1 fully saturated rings. The minimum atomic E-state index is -3.57. The quantitative estimate of drug-likeness (QED) is 0.396. The van der Waals surface area contributed by atoms with Crippen molar-refractivity contribution in [2.24, 2.45) is 0 Å². The summed E-state index contributed by atoms with van der Waals surface area (Å²) in [5, 5.41) is 3.13. The molecule has 3 rings (SSSR count). The molecule has 1 N–H and O–H groups in total. The molecule has 0 saturated heterocycles. The van der Waals surface area contributed by atoms with E-state index in [0.29, 0.717) is 23.6 Å². The van der Waals surface area contributed by atoms with Crippen LogP contribution in [0.4, 0.5) is 5.69 Å². The first-order valence-corrected chi connectivity index (χ1v) is 15.3. The van der Waals surface area contributed by atoms with Crippen LogP contribution < -0.4 is 19.1 Å². The largest absolute Gasteiger partial charge is 0.497 e. The van der Waals surface area contributed by atoms with E-state index in [0.717, 1.165) is 37.5 Å². The molecule has 39 heavy (non-hydrogen) atoms. The molecule has 0 aliphatic heterocycles. The third kappa shape index (κ3) is 8.88. The number of ether oxygens (including phenoxy) is 2. The van der Waals surface area contributed by atoms with Gasteiger partial charge in [0.1, 0.15) is 17.5 Å². The van der Waals surface area contributed by atoms with Crippen LogP contribution in [-0.2, 0) is 26.2 Å². The number of methoxy groups -OCH3 is 2. The lowest BCUT2D eigenvalue weighted by Gasteiger charge is -2.31. The van der Waals surface area contributed by atoms with Gasteiger partial charge < -0.3 is 19.7 Å². The van der Waals surface area contributed by atoms with E-state index in [-0.39, 0.29) is 37.4 Å². The van der Waals surface area contributed by atoms with Crippen molar-refractivity contribution < 1.29 is 27.5 Å². The number of sulfonamides is 1. The van der Waals surface area contributed by atoms with Crippen LogP contribution in [0, 0.1) is 0 Å². The van der Waals surface area contributed by atoms with Crippen LogP contribution in [0.15, 0.2) is 48.5 Å². The molecule has 1 aliphatic rings. The van der Waals surface area contributed by atoms with Gasteiger partial charge in [0, 0.05) is 25.6 Å². The summed E-state index contributed by atoms with van der Waals surface area (Å²) < 4.78 is 36.8. The van der Waals surface area contributed by atoms with Crippen LogP contribution >= 0.6 is 0 Å². The van der Waals surface area contributed by atoms with Crippen molar-refractivity contribution in [3.63, 3.8) is 0 Å². The van der Waals surface area contributed by atoms with Crippen molar-refractivity contribution >= 4 is 27.5 Å². The van der Waals surface area contributed by atoms with Gasteiger partial charge in [-0.1, -0.05) is 31.4 Å². The van der Waals surface area contributed by atoms with Crippen LogP contribution in [0.2, 0.25) is 0 Å². The first-order chi connectivity index (χ1) is 18.6. The Bertz CT molecular complexity index is 1200.